The van der Waals surface area contributed by atoms with Gasteiger partial charge in [-0.25, -0.2) is 0 Å². The molecule has 1 aromatic heterocycles. The molecule has 1 aromatic carbocycles. The summed E-state index contributed by atoms with van der Waals surface area (Å²) < 4.78 is 12.8. The van der Waals surface area contributed by atoms with E-state index in [1.807, 2.05) is 18.2 Å². The fourth-order valence-corrected chi connectivity index (χ4v) is 2.27. The number of hydrogen-bond donors (Lipinski definition) is 1. The molecule has 2 rings (SSSR count). The number of methoxy groups -OCH3 is 2. The Morgan fingerprint density at radius 2 is 2.18 bits per heavy atom. The Morgan fingerprint density at radius 3 is 2.86 bits per heavy atom. The molecular weight excluding hydrogens is 300 g/mol. The van der Waals surface area contributed by atoms with Crippen LogP contribution in [0.25, 0.3) is 0 Å². The lowest BCUT2D eigenvalue weighted by molar-refractivity contribution is 0.354. The third-order valence-electron chi connectivity index (χ3n) is 3.22. The molecule has 1 N–H and O–H groups in total. The van der Waals surface area contributed by atoms with E-state index in [2.05, 4.69) is 22.2 Å². The second-order valence-corrected chi connectivity index (χ2v) is 5.07. The summed E-state index contributed by atoms with van der Waals surface area (Å²) in [5.41, 5.74) is 0.811. The van der Waals surface area contributed by atoms with Gasteiger partial charge in [-0.15, -0.1) is 0 Å². The fourth-order valence-electron chi connectivity index (χ4n) is 2.07. The summed E-state index contributed by atoms with van der Waals surface area (Å²) in [5, 5.41) is 11.4. The Balaban J connectivity index is 2.33. The molecule has 0 spiro atoms. The minimum absolute atomic E-state index is 0.476. The summed E-state index contributed by atoms with van der Waals surface area (Å²) in [6.07, 6.45) is 4.66. The van der Waals surface area contributed by atoms with Crippen molar-refractivity contribution in [3.63, 3.8) is 0 Å². The molecule has 1 heterocycles. The van der Waals surface area contributed by atoms with Gasteiger partial charge < -0.3 is 9.47 Å². The average Bonchev–Trinajstić information content (AvgIpc) is 2.90. The van der Waals surface area contributed by atoms with Gasteiger partial charge in [0.1, 0.15) is 0 Å². The number of benzene rings is 1. The van der Waals surface area contributed by atoms with Crippen LogP contribution in [0.5, 0.6) is 11.5 Å². The fraction of sp³-hybridized carbons (Fsp3) is 0.400. The number of rotatable bonds is 7. The molecule has 0 amide bonds. The maximum Gasteiger partial charge on any atom is 0.216 e. The van der Waals surface area contributed by atoms with Gasteiger partial charge in [-0.2, -0.15) is 14.9 Å². The second kappa shape index (κ2) is 7.74. The smallest absolute Gasteiger partial charge is 0.216 e. The van der Waals surface area contributed by atoms with Gasteiger partial charge in [0, 0.05) is 12.0 Å². The van der Waals surface area contributed by atoms with Crippen LogP contribution >= 0.6 is 12.2 Å². The molecule has 0 aliphatic rings. The lowest BCUT2D eigenvalue weighted by atomic mass is 10.2. The van der Waals surface area contributed by atoms with Crippen LogP contribution in [0, 0.1) is 4.77 Å². The first-order chi connectivity index (χ1) is 10.7. The van der Waals surface area contributed by atoms with E-state index in [0.717, 1.165) is 30.7 Å². The maximum absolute atomic E-state index is 5.39. The molecule has 6 nitrogen and oxygen atoms in total. The number of aryl methyl sites for hydroxylation is 1. The highest BCUT2D eigenvalue weighted by atomic mass is 32.1. The molecule has 118 valence electrons. The number of nitrogens with zero attached hydrogens (tertiary/aromatic N) is 3. The van der Waals surface area contributed by atoms with E-state index in [1.165, 1.54) is 0 Å². The molecule has 0 aliphatic heterocycles. The Morgan fingerprint density at radius 1 is 1.36 bits per heavy atom. The minimum atomic E-state index is 0.476. The van der Waals surface area contributed by atoms with Crippen LogP contribution in [0.3, 0.4) is 0 Å². The zero-order chi connectivity index (χ0) is 15.9. The van der Waals surface area contributed by atoms with Gasteiger partial charge in [0.2, 0.25) is 4.77 Å². The van der Waals surface area contributed by atoms with Crippen molar-refractivity contribution in [2.24, 2.45) is 5.10 Å². The van der Waals surface area contributed by atoms with E-state index < -0.39 is 0 Å². The van der Waals surface area contributed by atoms with Gasteiger partial charge in [0.25, 0.3) is 0 Å². The predicted molar refractivity (Wildman–Crippen MR) is 88.6 cm³/mol. The van der Waals surface area contributed by atoms with E-state index in [9.17, 15) is 0 Å². The van der Waals surface area contributed by atoms with E-state index in [0.29, 0.717) is 16.3 Å². The van der Waals surface area contributed by atoms with Crippen LogP contribution in [0.2, 0.25) is 0 Å². The molecule has 0 aliphatic carbocycles. The van der Waals surface area contributed by atoms with Gasteiger partial charge >= 0.3 is 0 Å². The van der Waals surface area contributed by atoms with Crippen molar-refractivity contribution in [3.8, 4) is 11.5 Å². The summed E-state index contributed by atoms with van der Waals surface area (Å²) in [4.78, 5) is 0. The minimum Gasteiger partial charge on any atom is -0.493 e. The summed E-state index contributed by atoms with van der Waals surface area (Å²) in [6, 6.07) is 5.63. The second-order valence-electron chi connectivity index (χ2n) is 4.69. The van der Waals surface area contributed by atoms with Crippen LogP contribution in [0.4, 0.5) is 0 Å². The highest BCUT2D eigenvalue weighted by molar-refractivity contribution is 7.71. The third-order valence-corrected chi connectivity index (χ3v) is 3.48. The van der Waals surface area contributed by atoms with Gasteiger partial charge in [0.15, 0.2) is 17.3 Å². The van der Waals surface area contributed by atoms with Crippen molar-refractivity contribution in [1.29, 1.82) is 0 Å². The van der Waals surface area contributed by atoms with E-state index in [1.54, 1.807) is 25.1 Å². The van der Waals surface area contributed by atoms with Gasteiger partial charge in [-0.05, 0) is 30.8 Å². The van der Waals surface area contributed by atoms with Crippen molar-refractivity contribution in [2.45, 2.75) is 26.2 Å². The Hall–Kier alpha value is -2.15. The van der Waals surface area contributed by atoms with Crippen LogP contribution < -0.4 is 9.47 Å². The predicted octanol–water partition coefficient (Wildman–Crippen LogP) is 3.18. The normalized spacial score (nSPS) is 11.0. The Labute approximate surface area is 134 Å². The zero-order valence-corrected chi connectivity index (χ0v) is 13.8. The summed E-state index contributed by atoms with van der Waals surface area (Å²) in [6.45, 7) is 2.13. The first-order valence-electron chi connectivity index (χ1n) is 7.12. The SMILES string of the molecule is CCCCc1n[nH]c(=S)n1/N=C/c1cccc(OC)c1OC. The van der Waals surface area contributed by atoms with Crippen molar-refractivity contribution in [2.75, 3.05) is 14.2 Å². The van der Waals surface area contributed by atoms with Crippen molar-refractivity contribution >= 4 is 18.4 Å². The van der Waals surface area contributed by atoms with Crippen molar-refractivity contribution < 1.29 is 9.47 Å². The average molecular weight is 320 g/mol. The molecule has 7 heteroatoms. The Bertz CT molecular complexity index is 706. The molecule has 22 heavy (non-hydrogen) atoms. The maximum atomic E-state index is 5.39. The number of aromatic amines is 1. The van der Waals surface area contributed by atoms with Crippen molar-refractivity contribution in [3.05, 3.63) is 34.4 Å². The number of aromatic nitrogens is 3. The Kier molecular flexibility index (Phi) is 5.71. The van der Waals surface area contributed by atoms with Gasteiger partial charge in [-0.3, -0.25) is 5.10 Å². The number of para-hydroxylation sites is 1. The van der Waals surface area contributed by atoms with Crippen LogP contribution in [-0.4, -0.2) is 35.3 Å². The lowest BCUT2D eigenvalue weighted by Crippen LogP contribution is -2.00. The molecular formula is C15H20N4O2S. The molecule has 0 atom stereocenters. The van der Waals surface area contributed by atoms with Crippen LogP contribution in [-0.2, 0) is 6.42 Å². The number of ether oxygens (including phenoxy) is 2. The third kappa shape index (κ3) is 3.54. The molecule has 0 radical (unpaired) electrons. The van der Waals surface area contributed by atoms with Gasteiger partial charge in [-0.1, -0.05) is 19.4 Å². The highest BCUT2D eigenvalue weighted by Gasteiger charge is 2.08. The van der Waals surface area contributed by atoms with Crippen LogP contribution in [0.15, 0.2) is 23.3 Å². The molecule has 0 saturated carbocycles. The number of hydrogen-bond acceptors (Lipinski definition) is 5. The molecule has 0 fully saturated rings. The van der Waals surface area contributed by atoms with Gasteiger partial charge in [0.05, 0.1) is 20.4 Å². The number of unbranched alkanes of at least 4 members (excludes halogenated alkanes) is 1. The molecule has 0 unspecified atom stereocenters. The number of nitrogens with one attached hydrogen (secondary N) is 1. The quantitative estimate of drug-likeness (QED) is 0.628. The first kappa shape index (κ1) is 16.2. The zero-order valence-electron chi connectivity index (χ0n) is 13.0. The van der Waals surface area contributed by atoms with E-state index in [4.69, 9.17) is 21.7 Å². The summed E-state index contributed by atoms with van der Waals surface area (Å²) in [5.74, 6) is 2.12. The van der Waals surface area contributed by atoms with Crippen molar-refractivity contribution in [1.82, 2.24) is 14.9 Å². The van der Waals surface area contributed by atoms with Crippen LogP contribution in [0.1, 0.15) is 31.2 Å². The molecule has 0 saturated heterocycles. The first-order valence-corrected chi connectivity index (χ1v) is 7.53. The standard InChI is InChI=1S/C15H20N4O2S/c1-4-5-9-13-17-18-15(22)19(13)16-10-11-7-6-8-12(20-2)14(11)21-3/h6-8,10H,4-5,9H2,1-3H3,(H,18,22)/b16-10+. The topological polar surface area (TPSA) is 64.4 Å². The molecule has 2 aromatic rings. The monoisotopic (exact) mass is 320 g/mol. The largest absolute Gasteiger partial charge is 0.493 e. The number of H-pyrrole nitrogens is 1. The van der Waals surface area contributed by atoms with E-state index in [-0.39, 0.29) is 0 Å². The lowest BCUT2D eigenvalue weighted by Gasteiger charge is -2.09. The molecule has 0 bridgehead atoms. The highest BCUT2D eigenvalue weighted by Crippen LogP contribution is 2.29. The van der Waals surface area contributed by atoms with E-state index >= 15 is 0 Å². The summed E-state index contributed by atoms with van der Waals surface area (Å²) in [7, 11) is 3.21. The summed E-state index contributed by atoms with van der Waals surface area (Å²) >= 11 is 5.22.